The number of ether oxygens (including phenoxy) is 2. The average Bonchev–Trinajstić information content (AvgIpc) is 2.63. The molecule has 3 rings (SSSR count). The third kappa shape index (κ3) is 4.62. The van der Waals surface area contributed by atoms with E-state index in [-0.39, 0.29) is 17.5 Å². The van der Waals surface area contributed by atoms with Gasteiger partial charge in [0.05, 0.1) is 18.0 Å². The van der Waals surface area contributed by atoms with Crippen LogP contribution in [0.4, 0.5) is 0 Å². The van der Waals surface area contributed by atoms with Crippen molar-refractivity contribution >= 4 is 10.0 Å². The summed E-state index contributed by atoms with van der Waals surface area (Å²) in [6.07, 6.45) is 1.23. The molecule has 1 aromatic carbocycles. The molecule has 8 heteroatoms. The number of nitrogens with zero attached hydrogens (tertiary/aromatic N) is 3. The highest BCUT2D eigenvalue weighted by Gasteiger charge is 2.32. The number of hydrogen-bond acceptors (Lipinski definition) is 6. The van der Waals surface area contributed by atoms with Crippen LogP contribution >= 0.6 is 0 Å². The van der Waals surface area contributed by atoms with E-state index < -0.39 is 10.0 Å². The van der Waals surface area contributed by atoms with Crippen LogP contribution in [0.15, 0.2) is 29.2 Å². The van der Waals surface area contributed by atoms with Gasteiger partial charge < -0.3 is 9.47 Å². The van der Waals surface area contributed by atoms with Crippen LogP contribution in [-0.4, -0.2) is 48.5 Å². The molecular weight excluding hydrogens is 378 g/mol. The van der Waals surface area contributed by atoms with Gasteiger partial charge in [0, 0.05) is 17.9 Å². The Labute approximate surface area is 166 Å². The normalized spacial score (nSPS) is 18.1. The molecule has 28 heavy (non-hydrogen) atoms. The molecule has 2 aromatic rings. The summed E-state index contributed by atoms with van der Waals surface area (Å²) in [5, 5.41) is 0. The van der Waals surface area contributed by atoms with E-state index in [9.17, 15) is 8.42 Å². The Morgan fingerprint density at radius 3 is 2.50 bits per heavy atom. The Hall–Kier alpha value is -2.19. The number of benzene rings is 1. The highest BCUT2D eigenvalue weighted by atomic mass is 32.2. The van der Waals surface area contributed by atoms with Crippen molar-refractivity contribution in [3.63, 3.8) is 0 Å². The van der Waals surface area contributed by atoms with Crippen molar-refractivity contribution < 1.29 is 17.9 Å². The second kappa shape index (κ2) is 8.45. The molecule has 152 valence electrons. The summed E-state index contributed by atoms with van der Waals surface area (Å²) in [6.45, 7) is 8.81. The fraction of sp³-hybridized carbons (Fsp3) is 0.500. The van der Waals surface area contributed by atoms with Crippen molar-refractivity contribution in [1.29, 1.82) is 0 Å². The van der Waals surface area contributed by atoms with Crippen molar-refractivity contribution in [1.82, 2.24) is 14.3 Å². The van der Waals surface area contributed by atoms with E-state index in [4.69, 9.17) is 9.47 Å². The van der Waals surface area contributed by atoms with Crippen molar-refractivity contribution in [3.05, 3.63) is 41.2 Å². The minimum absolute atomic E-state index is 0.270. The number of rotatable bonds is 6. The highest BCUT2D eigenvalue weighted by Crippen LogP contribution is 2.26. The Balaban J connectivity index is 1.76. The van der Waals surface area contributed by atoms with Crippen LogP contribution in [-0.2, 0) is 10.0 Å². The molecule has 0 aliphatic carbocycles. The molecule has 0 N–H and O–H groups in total. The first-order valence-electron chi connectivity index (χ1n) is 9.52. The fourth-order valence-corrected chi connectivity index (χ4v) is 4.96. The van der Waals surface area contributed by atoms with Gasteiger partial charge in [-0.3, -0.25) is 0 Å². The molecule has 1 unspecified atom stereocenters. The predicted molar refractivity (Wildman–Crippen MR) is 106 cm³/mol. The second-order valence-electron chi connectivity index (χ2n) is 7.04. The van der Waals surface area contributed by atoms with Crippen LogP contribution in [0.3, 0.4) is 0 Å². The Morgan fingerprint density at radius 2 is 1.86 bits per heavy atom. The van der Waals surface area contributed by atoms with E-state index in [1.54, 1.807) is 18.2 Å². The van der Waals surface area contributed by atoms with Crippen LogP contribution in [0.25, 0.3) is 0 Å². The number of hydrogen-bond donors (Lipinski definition) is 0. The zero-order chi connectivity index (χ0) is 20.3. The van der Waals surface area contributed by atoms with E-state index in [1.165, 1.54) is 4.31 Å². The topological polar surface area (TPSA) is 81.6 Å². The van der Waals surface area contributed by atoms with E-state index in [2.05, 4.69) is 9.97 Å². The monoisotopic (exact) mass is 405 g/mol. The minimum Gasteiger partial charge on any atom is -0.494 e. The quantitative estimate of drug-likeness (QED) is 0.735. The molecule has 0 radical (unpaired) electrons. The Kier molecular flexibility index (Phi) is 6.20. The van der Waals surface area contributed by atoms with Crippen LogP contribution in [0.2, 0.25) is 0 Å². The van der Waals surface area contributed by atoms with Gasteiger partial charge in [-0.05, 0) is 70.4 Å². The summed E-state index contributed by atoms with van der Waals surface area (Å²) >= 11 is 0. The van der Waals surface area contributed by atoms with Crippen molar-refractivity contribution in [3.8, 4) is 11.8 Å². The maximum atomic E-state index is 13.1. The zero-order valence-electron chi connectivity index (χ0n) is 16.8. The number of aryl methyl sites for hydroxylation is 3. The van der Waals surface area contributed by atoms with Gasteiger partial charge >= 0.3 is 6.01 Å². The highest BCUT2D eigenvalue weighted by molar-refractivity contribution is 7.89. The molecular formula is C20H27N3O4S. The first kappa shape index (κ1) is 20.5. The van der Waals surface area contributed by atoms with E-state index in [0.717, 1.165) is 29.8 Å². The molecule has 1 aliphatic rings. The molecule has 1 saturated heterocycles. The summed E-state index contributed by atoms with van der Waals surface area (Å²) in [7, 11) is -3.60. The SMILES string of the molecule is CCOc1ccc(S(=O)(=O)N2CCCC(Oc3nc(C)cc(C)n3)C2)cc1C. The van der Waals surface area contributed by atoms with Crippen LogP contribution in [0, 0.1) is 20.8 Å². The third-order valence-corrected chi connectivity index (χ3v) is 6.52. The molecule has 1 aromatic heterocycles. The van der Waals surface area contributed by atoms with Crippen molar-refractivity contribution in [2.45, 2.75) is 51.5 Å². The summed E-state index contributed by atoms with van der Waals surface area (Å²) < 4.78 is 39.1. The minimum atomic E-state index is -3.60. The lowest BCUT2D eigenvalue weighted by molar-refractivity contribution is 0.119. The molecule has 1 atom stereocenters. The van der Waals surface area contributed by atoms with Gasteiger partial charge in [0.15, 0.2) is 0 Å². The van der Waals surface area contributed by atoms with Crippen LogP contribution in [0.1, 0.15) is 36.7 Å². The van der Waals surface area contributed by atoms with E-state index in [0.29, 0.717) is 24.9 Å². The molecule has 0 bridgehead atoms. The average molecular weight is 406 g/mol. The standard InChI is InChI=1S/C20H27N3O4S/c1-5-26-19-9-8-18(11-14(19)2)28(24,25)23-10-6-7-17(13-23)27-20-21-15(3)12-16(4)22-20/h8-9,11-12,17H,5-7,10,13H2,1-4H3. The molecule has 0 spiro atoms. The molecule has 2 heterocycles. The lowest BCUT2D eigenvalue weighted by Gasteiger charge is -2.31. The lowest BCUT2D eigenvalue weighted by Crippen LogP contribution is -2.44. The Bertz CT molecular complexity index is 926. The number of aromatic nitrogens is 2. The molecule has 1 fully saturated rings. The lowest BCUT2D eigenvalue weighted by atomic mass is 10.1. The first-order chi connectivity index (χ1) is 13.3. The van der Waals surface area contributed by atoms with Gasteiger partial charge in [-0.2, -0.15) is 4.31 Å². The summed E-state index contributed by atoms with van der Waals surface area (Å²) in [4.78, 5) is 8.87. The van der Waals surface area contributed by atoms with E-state index >= 15 is 0 Å². The molecule has 0 amide bonds. The van der Waals surface area contributed by atoms with Gasteiger partial charge in [-0.25, -0.2) is 18.4 Å². The Morgan fingerprint density at radius 1 is 1.14 bits per heavy atom. The van der Waals surface area contributed by atoms with Gasteiger partial charge in [0.2, 0.25) is 10.0 Å². The fourth-order valence-electron chi connectivity index (χ4n) is 3.36. The van der Waals surface area contributed by atoms with Gasteiger partial charge in [0.1, 0.15) is 11.9 Å². The summed E-state index contributed by atoms with van der Waals surface area (Å²) in [5.41, 5.74) is 2.46. The zero-order valence-corrected chi connectivity index (χ0v) is 17.6. The van der Waals surface area contributed by atoms with Crippen molar-refractivity contribution in [2.75, 3.05) is 19.7 Å². The maximum absolute atomic E-state index is 13.1. The number of piperidine rings is 1. The van der Waals surface area contributed by atoms with Crippen molar-refractivity contribution in [2.24, 2.45) is 0 Å². The van der Waals surface area contributed by atoms with Gasteiger partial charge in [-0.1, -0.05) is 0 Å². The molecule has 7 nitrogen and oxygen atoms in total. The predicted octanol–water partition coefficient (Wildman–Crippen LogP) is 3.03. The van der Waals surface area contributed by atoms with E-state index in [1.807, 2.05) is 33.8 Å². The second-order valence-corrected chi connectivity index (χ2v) is 8.98. The molecule has 1 aliphatic heterocycles. The van der Waals surface area contributed by atoms with Crippen LogP contribution in [0.5, 0.6) is 11.8 Å². The summed E-state index contributed by atoms with van der Waals surface area (Å²) in [5.74, 6) is 0.702. The van der Waals surface area contributed by atoms with Gasteiger partial charge in [-0.15, -0.1) is 0 Å². The van der Waals surface area contributed by atoms with Crippen LogP contribution < -0.4 is 9.47 Å². The maximum Gasteiger partial charge on any atom is 0.317 e. The largest absolute Gasteiger partial charge is 0.494 e. The first-order valence-corrected chi connectivity index (χ1v) is 11.0. The summed E-state index contributed by atoms with van der Waals surface area (Å²) in [6, 6.07) is 7.16. The van der Waals surface area contributed by atoms with Gasteiger partial charge in [0.25, 0.3) is 0 Å². The third-order valence-electron chi connectivity index (χ3n) is 4.66. The molecule has 0 saturated carbocycles. The smallest absolute Gasteiger partial charge is 0.317 e. The number of sulfonamides is 1.